The van der Waals surface area contributed by atoms with E-state index in [2.05, 4.69) is 32.3 Å². The monoisotopic (exact) mass is 527 g/mol. The number of hydrogen-bond donors (Lipinski definition) is 1. The van der Waals surface area contributed by atoms with Crippen LogP contribution in [0.1, 0.15) is 30.7 Å². The molecule has 32 heavy (non-hydrogen) atoms. The number of benzene rings is 2. The van der Waals surface area contributed by atoms with E-state index in [4.69, 9.17) is 11.6 Å². The van der Waals surface area contributed by atoms with Gasteiger partial charge in [0.05, 0.1) is 16.9 Å². The SMILES string of the molecule is N#CC1C(SCC(=O)Nc2ccc(Br)cc2)=NC2=C(C(=O)CCC2)C1c1ccccc1Cl. The highest BCUT2D eigenvalue weighted by molar-refractivity contribution is 9.10. The second-order valence-corrected chi connectivity index (χ2v) is 9.86. The Morgan fingerprint density at radius 1 is 1.22 bits per heavy atom. The average Bonchev–Trinajstić information content (AvgIpc) is 2.79. The van der Waals surface area contributed by atoms with E-state index in [0.29, 0.717) is 39.9 Å². The number of nitrogens with zero attached hydrogens (tertiary/aromatic N) is 2. The zero-order chi connectivity index (χ0) is 22.7. The first-order valence-corrected chi connectivity index (χ1v) is 12.3. The van der Waals surface area contributed by atoms with Crippen LogP contribution in [0.3, 0.4) is 0 Å². The number of carbonyl (C=O) groups is 2. The number of anilines is 1. The summed E-state index contributed by atoms with van der Waals surface area (Å²) in [6, 6.07) is 16.9. The minimum atomic E-state index is -0.679. The molecule has 4 rings (SSSR count). The van der Waals surface area contributed by atoms with Crippen molar-refractivity contribution in [1.29, 1.82) is 5.26 Å². The first-order chi connectivity index (χ1) is 15.5. The molecule has 1 aliphatic carbocycles. The quantitative estimate of drug-likeness (QED) is 0.518. The number of carbonyl (C=O) groups excluding carboxylic acids is 2. The van der Waals surface area contributed by atoms with Crippen molar-refractivity contribution in [2.75, 3.05) is 11.1 Å². The predicted molar refractivity (Wildman–Crippen MR) is 132 cm³/mol. The van der Waals surface area contributed by atoms with Crippen molar-refractivity contribution in [3.8, 4) is 6.07 Å². The molecule has 1 heterocycles. The molecular formula is C24H19BrClN3O2S. The topological polar surface area (TPSA) is 82.3 Å². The van der Waals surface area contributed by atoms with Crippen LogP contribution in [0.4, 0.5) is 5.69 Å². The molecule has 0 spiro atoms. The number of allylic oxidation sites excluding steroid dienone is 2. The van der Waals surface area contributed by atoms with Gasteiger partial charge in [0.15, 0.2) is 5.78 Å². The van der Waals surface area contributed by atoms with Gasteiger partial charge >= 0.3 is 0 Å². The molecule has 0 aromatic heterocycles. The van der Waals surface area contributed by atoms with Crippen LogP contribution in [-0.2, 0) is 9.59 Å². The van der Waals surface area contributed by atoms with E-state index in [1.54, 1.807) is 18.2 Å². The molecule has 5 nitrogen and oxygen atoms in total. The van der Waals surface area contributed by atoms with Gasteiger partial charge < -0.3 is 5.32 Å². The molecule has 2 aliphatic rings. The van der Waals surface area contributed by atoms with Crippen molar-refractivity contribution >= 4 is 61.7 Å². The van der Waals surface area contributed by atoms with Crippen LogP contribution < -0.4 is 5.32 Å². The Bertz CT molecular complexity index is 1170. The summed E-state index contributed by atoms with van der Waals surface area (Å²) < 4.78 is 0.926. The first kappa shape index (κ1) is 22.8. The maximum Gasteiger partial charge on any atom is 0.234 e. The summed E-state index contributed by atoms with van der Waals surface area (Å²) in [7, 11) is 0. The molecule has 1 aliphatic heterocycles. The van der Waals surface area contributed by atoms with E-state index in [0.717, 1.165) is 16.5 Å². The average molecular weight is 529 g/mol. The molecule has 2 aromatic carbocycles. The number of rotatable bonds is 4. The van der Waals surface area contributed by atoms with Crippen molar-refractivity contribution in [3.63, 3.8) is 0 Å². The molecule has 0 fully saturated rings. The molecular weight excluding hydrogens is 510 g/mol. The highest BCUT2D eigenvalue weighted by atomic mass is 79.9. The second-order valence-electron chi connectivity index (χ2n) is 7.54. The third kappa shape index (κ3) is 4.83. The molecule has 0 radical (unpaired) electrons. The Morgan fingerprint density at radius 3 is 2.69 bits per heavy atom. The van der Waals surface area contributed by atoms with Gasteiger partial charge in [-0.3, -0.25) is 9.59 Å². The van der Waals surface area contributed by atoms with Crippen LogP contribution in [0.2, 0.25) is 5.02 Å². The lowest BCUT2D eigenvalue weighted by Crippen LogP contribution is -2.31. The number of nitriles is 1. The zero-order valence-corrected chi connectivity index (χ0v) is 20.1. The third-order valence-electron chi connectivity index (χ3n) is 5.44. The summed E-state index contributed by atoms with van der Waals surface area (Å²) in [5, 5.41) is 14.0. The van der Waals surface area contributed by atoms with Crippen molar-refractivity contribution in [2.45, 2.75) is 25.2 Å². The van der Waals surface area contributed by atoms with E-state index in [-0.39, 0.29) is 17.4 Å². The van der Waals surface area contributed by atoms with Crippen molar-refractivity contribution in [1.82, 2.24) is 0 Å². The van der Waals surface area contributed by atoms with E-state index in [1.165, 1.54) is 11.8 Å². The Hall–Kier alpha value is -2.40. The molecule has 2 unspecified atom stereocenters. The maximum atomic E-state index is 12.8. The van der Waals surface area contributed by atoms with E-state index in [1.807, 2.05) is 30.3 Å². The fourth-order valence-corrected chi connectivity index (χ4v) is 5.42. The number of hydrogen-bond acceptors (Lipinski definition) is 5. The molecule has 1 amide bonds. The molecule has 1 N–H and O–H groups in total. The van der Waals surface area contributed by atoms with E-state index >= 15 is 0 Å². The predicted octanol–water partition coefficient (Wildman–Crippen LogP) is 6.12. The second kappa shape index (κ2) is 10.0. The summed E-state index contributed by atoms with van der Waals surface area (Å²) in [6.45, 7) is 0. The largest absolute Gasteiger partial charge is 0.325 e. The Balaban J connectivity index is 1.61. The van der Waals surface area contributed by atoms with Crippen LogP contribution >= 0.6 is 39.3 Å². The smallest absolute Gasteiger partial charge is 0.234 e. The summed E-state index contributed by atoms with van der Waals surface area (Å²) in [5.41, 5.74) is 2.75. The van der Waals surface area contributed by atoms with Gasteiger partial charge in [-0.05, 0) is 48.7 Å². The molecule has 2 atom stereocenters. The van der Waals surface area contributed by atoms with Gasteiger partial charge in [-0.2, -0.15) is 5.26 Å². The van der Waals surface area contributed by atoms with Crippen molar-refractivity contribution in [2.24, 2.45) is 10.9 Å². The molecule has 2 aromatic rings. The standard InChI is InChI=1S/C24H19BrClN3O2S/c25-14-8-10-15(11-9-14)28-21(31)13-32-24-17(12-27)22(16-4-1-2-5-18(16)26)23-19(29-24)6-3-7-20(23)30/h1-2,4-5,8-11,17,22H,3,6-7,13H2,(H,28,31). The van der Waals surface area contributed by atoms with E-state index < -0.39 is 11.8 Å². The van der Waals surface area contributed by atoms with Crippen molar-refractivity contribution < 1.29 is 9.59 Å². The zero-order valence-electron chi connectivity index (χ0n) is 17.0. The van der Waals surface area contributed by atoms with Gasteiger partial charge in [-0.15, -0.1) is 0 Å². The Labute approximate surface area is 204 Å². The highest BCUT2D eigenvalue weighted by Gasteiger charge is 2.41. The Morgan fingerprint density at radius 2 is 1.97 bits per heavy atom. The lowest BCUT2D eigenvalue weighted by atomic mass is 9.74. The number of amides is 1. The normalized spacial score (nSPS) is 20.3. The number of ketones is 1. The third-order valence-corrected chi connectivity index (χ3v) is 7.36. The molecule has 0 saturated carbocycles. The summed E-state index contributed by atoms with van der Waals surface area (Å²) in [5.74, 6) is -1.21. The number of thioether (sulfide) groups is 1. The lowest BCUT2D eigenvalue weighted by Gasteiger charge is -2.33. The fourth-order valence-electron chi connectivity index (χ4n) is 4.01. The number of aliphatic imine (C=N–C) groups is 1. The van der Waals surface area contributed by atoms with Crippen LogP contribution in [0.15, 0.2) is 69.3 Å². The maximum absolute atomic E-state index is 12.8. The van der Waals surface area contributed by atoms with Gasteiger partial charge in [-0.25, -0.2) is 4.99 Å². The molecule has 162 valence electrons. The Kier molecular flexibility index (Phi) is 7.14. The minimum absolute atomic E-state index is 0.0252. The molecule has 0 saturated heterocycles. The van der Waals surface area contributed by atoms with Crippen LogP contribution in [0.5, 0.6) is 0 Å². The summed E-state index contributed by atoms with van der Waals surface area (Å²) in [6.07, 6.45) is 1.86. The highest BCUT2D eigenvalue weighted by Crippen LogP contribution is 2.46. The first-order valence-electron chi connectivity index (χ1n) is 10.1. The number of halogens is 2. The van der Waals surface area contributed by atoms with Gasteiger partial charge in [0.25, 0.3) is 0 Å². The van der Waals surface area contributed by atoms with Crippen LogP contribution in [0.25, 0.3) is 0 Å². The van der Waals surface area contributed by atoms with Gasteiger partial charge in [0.2, 0.25) is 5.91 Å². The van der Waals surface area contributed by atoms with Gasteiger partial charge in [0, 0.05) is 38.8 Å². The minimum Gasteiger partial charge on any atom is -0.325 e. The number of Topliss-reactive ketones (excluding diaryl/α,β-unsaturated/α-hetero) is 1. The summed E-state index contributed by atoms with van der Waals surface area (Å²) in [4.78, 5) is 30.0. The number of nitrogens with one attached hydrogen (secondary N) is 1. The lowest BCUT2D eigenvalue weighted by molar-refractivity contribution is -0.116. The van der Waals surface area contributed by atoms with Crippen LogP contribution in [0, 0.1) is 17.2 Å². The van der Waals surface area contributed by atoms with Gasteiger partial charge in [-0.1, -0.05) is 57.5 Å². The summed E-state index contributed by atoms with van der Waals surface area (Å²) >= 11 is 11.1. The molecule has 8 heteroatoms. The van der Waals surface area contributed by atoms with Crippen LogP contribution in [-0.4, -0.2) is 22.5 Å². The van der Waals surface area contributed by atoms with Crippen molar-refractivity contribution in [3.05, 3.63) is 74.9 Å². The fraction of sp³-hybridized carbons (Fsp3) is 0.250. The van der Waals surface area contributed by atoms with E-state index in [9.17, 15) is 14.9 Å². The molecule has 0 bridgehead atoms. The van der Waals surface area contributed by atoms with Gasteiger partial charge in [0.1, 0.15) is 5.92 Å².